The summed E-state index contributed by atoms with van der Waals surface area (Å²) < 4.78 is 8.44. The molecule has 2 aromatic carbocycles. The molecule has 36 heavy (non-hydrogen) atoms. The van der Waals surface area contributed by atoms with Crippen molar-refractivity contribution in [2.24, 2.45) is 0 Å². The second kappa shape index (κ2) is 9.87. The third-order valence-electron chi connectivity index (χ3n) is 6.02. The quantitative estimate of drug-likeness (QED) is 0.350. The molecule has 3 aromatic heterocycles. The molecule has 0 aliphatic carbocycles. The number of methoxy groups -OCH3 is 1. The number of H-pyrrole nitrogens is 1. The summed E-state index contributed by atoms with van der Waals surface area (Å²) in [7, 11) is 1.60. The fraction of sp³-hybridized carbons (Fsp3) is 0.192. The lowest BCUT2D eigenvalue weighted by atomic mass is 10.1. The van der Waals surface area contributed by atoms with Crippen LogP contribution >= 0.6 is 0 Å². The third kappa shape index (κ3) is 4.61. The van der Waals surface area contributed by atoms with Crippen molar-refractivity contribution in [3.63, 3.8) is 0 Å². The highest BCUT2D eigenvalue weighted by Crippen LogP contribution is 2.22. The molecule has 0 radical (unpaired) electrons. The molecule has 0 atom stereocenters. The Hall–Kier alpha value is -4.73. The number of hydrogen-bond donors (Lipinski definition) is 2. The number of nitrogens with one attached hydrogen (secondary N) is 2. The molecule has 0 saturated heterocycles. The number of fused-ring (bicyclic) bond motifs is 1. The zero-order valence-corrected chi connectivity index (χ0v) is 19.9. The van der Waals surface area contributed by atoms with Crippen molar-refractivity contribution in [1.29, 1.82) is 0 Å². The van der Waals surface area contributed by atoms with Crippen LogP contribution in [0.3, 0.4) is 0 Å². The molecule has 5 rings (SSSR count). The lowest BCUT2D eigenvalue weighted by Gasteiger charge is -2.09. The normalized spacial score (nSPS) is 11.1. The van der Waals surface area contributed by atoms with Gasteiger partial charge in [-0.25, -0.2) is 9.67 Å². The average Bonchev–Trinajstić information content (AvgIpc) is 3.55. The van der Waals surface area contributed by atoms with E-state index in [1.165, 1.54) is 6.20 Å². The van der Waals surface area contributed by atoms with Gasteiger partial charge in [-0.3, -0.25) is 19.3 Å². The Kier molecular flexibility index (Phi) is 6.31. The molecule has 1 amide bonds. The molecule has 3 heterocycles. The minimum atomic E-state index is -0.290. The molecule has 0 fully saturated rings. The zero-order chi connectivity index (χ0) is 25.1. The minimum absolute atomic E-state index is 0.152. The van der Waals surface area contributed by atoms with E-state index in [9.17, 15) is 9.59 Å². The van der Waals surface area contributed by atoms with Crippen molar-refractivity contribution in [3.05, 3.63) is 94.3 Å². The first-order valence-corrected chi connectivity index (χ1v) is 11.5. The third-order valence-corrected chi connectivity index (χ3v) is 6.02. The van der Waals surface area contributed by atoms with Crippen LogP contribution in [0.4, 0.5) is 0 Å². The van der Waals surface area contributed by atoms with Gasteiger partial charge in [-0.15, -0.1) is 0 Å². The molecule has 0 unspecified atom stereocenters. The van der Waals surface area contributed by atoms with E-state index in [1.807, 2.05) is 55.5 Å². The van der Waals surface area contributed by atoms with Crippen molar-refractivity contribution in [1.82, 2.24) is 34.8 Å². The Balaban J connectivity index is 1.24. The van der Waals surface area contributed by atoms with Crippen LogP contribution in [0.2, 0.25) is 0 Å². The summed E-state index contributed by atoms with van der Waals surface area (Å²) in [5, 5.41) is 14.6. The lowest BCUT2D eigenvalue weighted by molar-refractivity contribution is 0.0947. The molecule has 2 N–H and O–H groups in total. The number of benzene rings is 2. The number of nitrogens with zero attached hydrogens (tertiary/aromatic N) is 5. The molecule has 5 aromatic rings. The Morgan fingerprint density at radius 3 is 2.83 bits per heavy atom. The topological polar surface area (TPSA) is 120 Å². The summed E-state index contributed by atoms with van der Waals surface area (Å²) in [6.45, 7) is 3.12. The predicted octanol–water partition coefficient (Wildman–Crippen LogP) is 2.78. The molecule has 0 spiro atoms. The van der Waals surface area contributed by atoms with Crippen LogP contribution in [0.5, 0.6) is 5.75 Å². The van der Waals surface area contributed by atoms with Gasteiger partial charge in [0.25, 0.3) is 11.5 Å². The van der Waals surface area contributed by atoms with Gasteiger partial charge >= 0.3 is 0 Å². The number of aromatic amines is 1. The first-order valence-electron chi connectivity index (χ1n) is 11.5. The molecule has 0 bridgehead atoms. The van der Waals surface area contributed by atoms with Gasteiger partial charge in [-0.1, -0.05) is 36.4 Å². The van der Waals surface area contributed by atoms with E-state index >= 15 is 0 Å². The van der Waals surface area contributed by atoms with Crippen molar-refractivity contribution < 1.29 is 9.53 Å². The number of ether oxygens (including phenoxy) is 1. The SMILES string of the molecule is COc1cccc(-c2cc(C(=O)NCCn3ncc4c(=O)n(Cc5ccccc5C)cnc43)[nH]n2)c1. The van der Waals surface area contributed by atoms with Crippen molar-refractivity contribution in [2.45, 2.75) is 20.0 Å². The van der Waals surface area contributed by atoms with Gasteiger partial charge in [-0.2, -0.15) is 10.2 Å². The molecule has 182 valence electrons. The van der Waals surface area contributed by atoms with Gasteiger partial charge < -0.3 is 10.1 Å². The lowest BCUT2D eigenvalue weighted by Crippen LogP contribution is -2.28. The van der Waals surface area contributed by atoms with E-state index in [-0.39, 0.29) is 11.5 Å². The average molecular weight is 484 g/mol. The van der Waals surface area contributed by atoms with Crippen LogP contribution in [-0.4, -0.2) is 49.1 Å². The number of aromatic nitrogens is 6. The van der Waals surface area contributed by atoms with E-state index in [2.05, 4.69) is 25.6 Å². The summed E-state index contributed by atoms with van der Waals surface area (Å²) in [6, 6.07) is 17.1. The van der Waals surface area contributed by atoms with Gasteiger partial charge in [0.05, 0.1) is 32.1 Å². The van der Waals surface area contributed by atoms with Crippen LogP contribution in [0, 0.1) is 6.92 Å². The van der Waals surface area contributed by atoms with Crippen LogP contribution < -0.4 is 15.6 Å². The van der Waals surface area contributed by atoms with Gasteiger partial charge in [0.1, 0.15) is 23.2 Å². The number of rotatable bonds is 8. The number of carbonyl (C=O) groups excluding carboxylic acids is 1. The monoisotopic (exact) mass is 483 g/mol. The molecule has 0 aliphatic heterocycles. The Labute approximate surface area is 206 Å². The van der Waals surface area contributed by atoms with E-state index in [1.54, 1.807) is 28.8 Å². The maximum absolute atomic E-state index is 13.0. The largest absolute Gasteiger partial charge is 0.497 e. The van der Waals surface area contributed by atoms with Gasteiger partial charge in [-0.05, 0) is 36.2 Å². The van der Waals surface area contributed by atoms with Crippen LogP contribution in [-0.2, 0) is 13.1 Å². The van der Waals surface area contributed by atoms with Crippen molar-refractivity contribution >= 4 is 16.9 Å². The van der Waals surface area contributed by atoms with E-state index < -0.39 is 0 Å². The standard InChI is InChI=1S/C26H25N7O3/c1-17-6-3-4-7-19(17)15-32-16-28-24-21(26(32)35)14-29-33(24)11-10-27-25(34)23-13-22(30-31-23)18-8-5-9-20(12-18)36-2/h3-9,12-14,16H,10-11,15H2,1-2H3,(H,27,34)(H,30,31). The van der Waals surface area contributed by atoms with Gasteiger partial charge in [0.2, 0.25) is 0 Å². The predicted molar refractivity (Wildman–Crippen MR) is 135 cm³/mol. The maximum Gasteiger partial charge on any atom is 0.269 e. The van der Waals surface area contributed by atoms with Crippen LogP contribution in [0.15, 0.2) is 71.9 Å². The fourth-order valence-electron chi connectivity index (χ4n) is 3.98. The smallest absolute Gasteiger partial charge is 0.269 e. The van der Waals surface area contributed by atoms with Crippen molar-refractivity contribution in [3.8, 4) is 17.0 Å². The molecular formula is C26H25N7O3. The summed E-state index contributed by atoms with van der Waals surface area (Å²) in [6.07, 6.45) is 3.06. The van der Waals surface area contributed by atoms with E-state index in [4.69, 9.17) is 4.74 Å². The fourth-order valence-corrected chi connectivity index (χ4v) is 3.98. The summed E-state index contributed by atoms with van der Waals surface area (Å²) >= 11 is 0. The minimum Gasteiger partial charge on any atom is -0.497 e. The summed E-state index contributed by atoms with van der Waals surface area (Å²) in [5.41, 5.74) is 4.33. The Bertz CT molecular complexity index is 1600. The first kappa shape index (κ1) is 23.0. The van der Waals surface area contributed by atoms with Crippen LogP contribution in [0.25, 0.3) is 22.3 Å². The van der Waals surface area contributed by atoms with E-state index in [0.29, 0.717) is 47.8 Å². The molecule has 10 heteroatoms. The highest BCUT2D eigenvalue weighted by molar-refractivity contribution is 5.93. The van der Waals surface area contributed by atoms with Crippen LogP contribution in [0.1, 0.15) is 21.6 Å². The molecule has 0 aliphatic rings. The number of carbonyl (C=O) groups is 1. The molecular weight excluding hydrogens is 458 g/mol. The second-order valence-electron chi connectivity index (χ2n) is 8.36. The first-order chi connectivity index (χ1) is 17.5. The Morgan fingerprint density at radius 1 is 1.14 bits per heavy atom. The van der Waals surface area contributed by atoms with Crippen molar-refractivity contribution in [2.75, 3.05) is 13.7 Å². The van der Waals surface area contributed by atoms with E-state index in [0.717, 1.165) is 16.7 Å². The number of amides is 1. The van der Waals surface area contributed by atoms with Gasteiger partial charge in [0, 0.05) is 12.1 Å². The highest BCUT2D eigenvalue weighted by atomic mass is 16.5. The van der Waals surface area contributed by atoms with Gasteiger partial charge in [0.15, 0.2) is 5.65 Å². The summed E-state index contributed by atoms with van der Waals surface area (Å²) in [4.78, 5) is 30.0. The summed E-state index contributed by atoms with van der Waals surface area (Å²) in [5.74, 6) is 0.421. The number of aryl methyl sites for hydroxylation is 1. The molecule has 0 saturated carbocycles. The zero-order valence-electron chi connectivity index (χ0n) is 19.9. The number of hydrogen-bond acceptors (Lipinski definition) is 6. The molecule has 10 nitrogen and oxygen atoms in total. The maximum atomic E-state index is 13.0. The highest BCUT2D eigenvalue weighted by Gasteiger charge is 2.13. The second-order valence-corrected chi connectivity index (χ2v) is 8.36. The Morgan fingerprint density at radius 2 is 2.00 bits per heavy atom.